The molecule has 4 N–H and O–H groups in total. The maximum atomic E-state index is 11.8. The average Bonchev–Trinajstić information content (AvgIpc) is 3.12. The van der Waals surface area contributed by atoms with Crippen molar-refractivity contribution >= 4 is 0 Å². The molecule has 0 amide bonds. The lowest BCUT2D eigenvalue weighted by molar-refractivity contribution is -0.246. The van der Waals surface area contributed by atoms with Gasteiger partial charge >= 0.3 is 0 Å². The summed E-state index contributed by atoms with van der Waals surface area (Å²) in [5.41, 5.74) is -0.0556. The van der Waals surface area contributed by atoms with E-state index in [2.05, 4.69) is 41.2 Å². The molecule has 196 valence electrons. The minimum absolute atomic E-state index is 0.0227. The number of hydrogen-bond donors (Lipinski definition) is 4. The van der Waals surface area contributed by atoms with E-state index in [1.165, 1.54) is 0 Å². The van der Waals surface area contributed by atoms with Crippen molar-refractivity contribution in [3.05, 3.63) is 12.2 Å². The molecule has 11 atom stereocenters. The molecule has 4 rings (SSSR count). The topological polar surface area (TPSA) is 80.9 Å². The fourth-order valence-electron chi connectivity index (χ4n) is 10.3. The summed E-state index contributed by atoms with van der Waals surface area (Å²) in [6.45, 7) is 19.5. The van der Waals surface area contributed by atoms with Crippen LogP contribution in [0.4, 0.5) is 0 Å². The van der Waals surface area contributed by atoms with Crippen LogP contribution in [0.5, 0.6) is 0 Å². The lowest BCUT2D eigenvalue weighted by Crippen LogP contribution is -2.66. The summed E-state index contributed by atoms with van der Waals surface area (Å²) in [4.78, 5) is 0. The largest absolute Gasteiger partial charge is 0.393 e. The third kappa shape index (κ3) is 3.60. The van der Waals surface area contributed by atoms with Crippen LogP contribution in [0.25, 0.3) is 0 Å². The van der Waals surface area contributed by atoms with E-state index in [4.69, 9.17) is 0 Å². The SMILES string of the molecule is C=C(C)[C@H](O)CC[C@](C)(O)[C@H]1CC[C@]2(C)[C@@H]1[C@H](O)C[C@@H]1[C@@]3(C)CC[C@@H](O)C(C)(C)[C@H]3CC[C@]12C. The molecule has 0 radical (unpaired) electrons. The molecular formula is C30H52O4. The third-order valence-corrected chi connectivity index (χ3v) is 12.7. The lowest BCUT2D eigenvalue weighted by Gasteiger charge is -2.70. The van der Waals surface area contributed by atoms with Crippen LogP contribution in [-0.2, 0) is 0 Å². The van der Waals surface area contributed by atoms with Gasteiger partial charge in [-0.25, -0.2) is 0 Å². The first-order chi connectivity index (χ1) is 15.5. The monoisotopic (exact) mass is 476 g/mol. The van der Waals surface area contributed by atoms with E-state index in [0.29, 0.717) is 24.7 Å². The first-order valence-electron chi connectivity index (χ1n) is 13.9. The number of rotatable bonds is 5. The predicted molar refractivity (Wildman–Crippen MR) is 137 cm³/mol. The first-order valence-corrected chi connectivity index (χ1v) is 13.9. The van der Waals surface area contributed by atoms with Crippen LogP contribution in [0.2, 0.25) is 0 Å². The highest BCUT2D eigenvalue weighted by molar-refractivity contribution is 5.20. The Labute approximate surface area is 208 Å². The van der Waals surface area contributed by atoms with Crippen molar-refractivity contribution in [2.45, 2.75) is 130 Å². The fraction of sp³-hybridized carbons (Fsp3) is 0.933. The molecule has 0 aromatic carbocycles. The van der Waals surface area contributed by atoms with Crippen LogP contribution in [0.1, 0.15) is 106 Å². The second kappa shape index (κ2) is 8.30. The molecule has 0 spiro atoms. The van der Waals surface area contributed by atoms with Crippen LogP contribution in [0.15, 0.2) is 12.2 Å². The Bertz CT molecular complexity index is 804. The number of aliphatic hydroxyl groups is 4. The Hall–Kier alpha value is -0.420. The summed E-state index contributed by atoms with van der Waals surface area (Å²) < 4.78 is 0. The van der Waals surface area contributed by atoms with Gasteiger partial charge in [0.25, 0.3) is 0 Å². The Morgan fingerprint density at radius 1 is 0.971 bits per heavy atom. The molecule has 4 aliphatic carbocycles. The Balaban J connectivity index is 1.64. The summed E-state index contributed by atoms with van der Waals surface area (Å²) in [6, 6.07) is 0. The number of fused-ring (bicyclic) bond motifs is 5. The highest BCUT2D eigenvalue weighted by Crippen LogP contribution is 2.75. The minimum Gasteiger partial charge on any atom is -0.393 e. The van der Waals surface area contributed by atoms with Crippen LogP contribution in [0, 0.1) is 45.3 Å². The van der Waals surface area contributed by atoms with E-state index in [1.807, 2.05) is 13.8 Å². The van der Waals surface area contributed by atoms with Crippen molar-refractivity contribution in [1.29, 1.82) is 0 Å². The molecule has 4 saturated carbocycles. The van der Waals surface area contributed by atoms with Gasteiger partial charge in [0.15, 0.2) is 0 Å². The highest BCUT2D eigenvalue weighted by atomic mass is 16.3. The van der Waals surface area contributed by atoms with E-state index in [1.54, 1.807) is 0 Å². The van der Waals surface area contributed by atoms with Gasteiger partial charge in [0, 0.05) is 0 Å². The van der Waals surface area contributed by atoms with E-state index < -0.39 is 17.8 Å². The molecule has 4 fully saturated rings. The molecule has 0 aromatic rings. The van der Waals surface area contributed by atoms with Crippen LogP contribution in [0.3, 0.4) is 0 Å². The van der Waals surface area contributed by atoms with Crippen molar-refractivity contribution in [3.63, 3.8) is 0 Å². The van der Waals surface area contributed by atoms with Gasteiger partial charge in [0.2, 0.25) is 0 Å². The van der Waals surface area contributed by atoms with Gasteiger partial charge in [-0.05, 0) is 117 Å². The van der Waals surface area contributed by atoms with Crippen molar-refractivity contribution in [2.24, 2.45) is 45.3 Å². The molecule has 4 aliphatic rings. The Morgan fingerprint density at radius 2 is 1.59 bits per heavy atom. The smallest absolute Gasteiger partial charge is 0.0745 e. The normalized spacial score (nSPS) is 50.4. The zero-order valence-electron chi connectivity index (χ0n) is 22.9. The van der Waals surface area contributed by atoms with Crippen LogP contribution >= 0.6 is 0 Å². The number of aliphatic hydroxyl groups excluding tert-OH is 3. The summed E-state index contributed by atoms with van der Waals surface area (Å²) in [6.07, 6.45) is 6.72. The second-order valence-corrected chi connectivity index (χ2v) is 14.6. The maximum Gasteiger partial charge on any atom is 0.0745 e. The van der Waals surface area contributed by atoms with Gasteiger partial charge in [-0.3, -0.25) is 0 Å². The van der Waals surface area contributed by atoms with Gasteiger partial charge < -0.3 is 20.4 Å². The predicted octanol–water partition coefficient (Wildman–Crippen LogP) is 5.47. The van der Waals surface area contributed by atoms with E-state index in [-0.39, 0.29) is 39.6 Å². The zero-order chi connectivity index (χ0) is 25.5. The first kappa shape index (κ1) is 26.6. The fourth-order valence-corrected chi connectivity index (χ4v) is 10.3. The molecule has 0 heterocycles. The molecule has 0 aliphatic heterocycles. The van der Waals surface area contributed by atoms with Gasteiger partial charge in [-0.2, -0.15) is 0 Å². The standard InChI is InChI=1S/C30H52O4/c1-18(2)20(31)10-16-30(8,34)19-9-14-29(7)25(19)21(32)17-23-27(5)13-12-24(33)26(3,4)22(27)11-15-28(23,29)6/h19-25,31-34H,1,9-17H2,2-8H3/t19-,20+,21+,22+,23+,24+,25-,27-,28+,29+,30-/m0/s1. The summed E-state index contributed by atoms with van der Waals surface area (Å²) in [5, 5.41) is 44.5. The summed E-state index contributed by atoms with van der Waals surface area (Å²) in [7, 11) is 0. The second-order valence-electron chi connectivity index (χ2n) is 14.6. The van der Waals surface area contributed by atoms with Crippen LogP contribution in [-0.4, -0.2) is 44.3 Å². The van der Waals surface area contributed by atoms with E-state index >= 15 is 0 Å². The van der Waals surface area contributed by atoms with Gasteiger partial charge in [0.05, 0.1) is 23.9 Å². The molecule has 4 nitrogen and oxygen atoms in total. The molecule has 0 bridgehead atoms. The number of hydrogen-bond acceptors (Lipinski definition) is 4. The van der Waals surface area contributed by atoms with Crippen LogP contribution < -0.4 is 0 Å². The molecule has 0 saturated heterocycles. The molecule has 4 heteroatoms. The van der Waals surface area contributed by atoms with Gasteiger partial charge in [-0.1, -0.05) is 46.8 Å². The average molecular weight is 477 g/mol. The quantitative estimate of drug-likeness (QED) is 0.397. The summed E-state index contributed by atoms with van der Waals surface area (Å²) in [5.74, 6) is 1.01. The lowest BCUT2D eigenvalue weighted by atomic mass is 9.35. The molecule has 0 aromatic heterocycles. The van der Waals surface area contributed by atoms with Gasteiger partial charge in [-0.15, -0.1) is 0 Å². The minimum atomic E-state index is -0.916. The van der Waals surface area contributed by atoms with Gasteiger partial charge in [0.1, 0.15) is 0 Å². The highest BCUT2D eigenvalue weighted by Gasteiger charge is 2.71. The third-order valence-electron chi connectivity index (χ3n) is 12.7. The maximum absolute atomic E-state index is 11.8. The zero-order valence-corrected chi connectivity index (χ0v) is 22.9. The molecule has 0 unspecified atom stereocenters. The molecular weight excluding hydrogens is 424 g/mol. The van der Waals surface area contributed by atoms with Crippen molar-refractivity contribution < 1.29 is 20.4 Å². The van der Waals surface area contributed by atoms with E-state index in [0.717, 1.165) is 50.5 Å². The molecule has 34 heavy (non-hydrogen) atoms. The summed E-state index contributed by atoms with van der Waals surface area (Å²) >= 11 is 0. The Morgan fingerprint density at radius 3 is 2.21 bits per heavy atom. The van der Waals surface area contributed by atoms with E-state index in [9.17, 15) is 20.4 Å². The van der Waals surface area contributed by atoms with Crippen molar-refractivity contribution in [2.75, 3.05) is 0 Å². The van der Waals surface area contributed by atoms with Crippen molar-refractivity contribution in [1.82, 2.24) is 0 Å². The Kier molecular flexibility index (Phi) is 6.50. The van der Waals surface area contributed by atoms with Crippen molar-refractivity contribution in [3.8, 4) is 0 Å².